The van der Waals surface area contributed by atoms with E-state index in [0.717, 1.165) is 71.7 Å². The van der Waals surface area contributed by atoms with Crippen molar-refractivity contribution in [2.24, 2.45) is 17.3 Å². The molecule has 2 saturated heterocycles. The van der Waals surface area contributed by atoms with Crippen molar-refractivity contribution in [1.29, 1.82) is 0 Å². The average Bonchev–Trinajstić information content (AvgIpc) is 2.76. The summed E-state index contributed by atoms with van der Waals surface area (Å²) in [5, 5.41) is 3.08. The second-order valence-electron chi connectivity index (χ2n) is 9.58. The van der Waals surface area contributed by atoms with Crippen LogP contribution in [0.1, 0.15) is 68.1 Å². The Morgan fingerprint density at radius 2 is 1.57 bits per heavy atom. The number of carbonyl (C=O) groups excluding carboxylic acids is 2. The highest BCUT2D eigenvalue weighted by Crippen LogP contribution is 2.52. The highest BCUT2D eigenvalue weighted by Gasteiger charge is 2.46. The fraction of sp³-hybridized carbons (Fsp3) is 0.917. The van der Waals surface area contributed by atoms with Gasteiger partial charge in [0.15, 0.2) is 0 Å². The molecule has 0 unspecified atom stereocenters. The van der Waals surface area contributed by atoms with Crippen molar-refractivity contribution in [3.63, 3.8) is 0 Å². The number of hydrogen-bond acceptors (Lipinski definition) is 4. The lowest BCUT2D eigenvalue weighted by molar-refractivity contribution is -0.136. The summed E-state index contributed by atoms with van der Waals surface area (Å²) in [6, 6.07) is 0. The molecule has 0 radical (unpaired) electrons. The van der Waals surface area contributed by atoms with Gasteiger partial charge in [-0.2, -0.15) is 0 Å². The average molecular weight is 425 g/mol. The van der Waals surface area contributed by atoms with Crippen LogP contribution in [0.5, 0.6) is 0 Å². The number of nitrogens with zero attached hydrogens (tertiary/aromatic N) is 3. The summed E-state index contributed by atoms with van der Waals surface area (Å²) in [6.45, 7) is 19.3. The van der Waals surface area contributed by atoms with Gasteiger partial charge in [0.2, 0.25) is 11.8 Å². The molecule has 0 aromatic heterocycles. The van der Waals surface area contributed by atoms with Gasteiger partial charge in [-0.1, -0.05) is 34.6 Å². The summed E-state index contributed by atoms with van der Waals surface area (Å²) in [7, 11) is 0. The molecule has 3 aliphatic rings. The predicted octanol–water partition coefficient (Wildman–Crippen LogP) is 3.08. The fourth-order valence-electron chi connectivity index (χ4n) is 5.14. The lowest BCUT2D eigenvalue weighted by atomic mass is 9.57. The van der Waals surface area contributed by atoms with E-state index in [1.165, 1.54) is 12.8 Å². The van der Waals surface area contributed by atoms with Gasteiger partial charge in [0, 0.05) is 66.1 Å². The molecule has 176 valence electrons. The Kier molecular flexibility index (Phi) is 10.1. The molecule has 0 aromatic carbocycles. The largest absolute Gasteiger partial charge is 0.356 e. The normalized spacial score (nSPS) is 22.4. The third-order valence-electron chi connectivity index (χ3n) is 7.26. The van der Waals surface area contributed by atoms with Crippen LogP contribution in [0, 0.1) is 17.3 Å². The van der Waals surface area contributed by atoms with Crippen LogP contribution in [0.15, 0.2) is 0 Å². The Hall–Kier alpha value is -1.14. The van der Waals surface area contributed by atoms with Crippen LogP contribution < -0.4 is 5.32 Å². The minimum absolute atomic E-state index is 0. The maximum atomic E-state index is 12.6. The molecule has 3 rings (SSSR count). The molecular formula is C24H48N4O2. The van der Waals surface area contributed by atoms with Gasteiger partial charge in [-0.3, -0.25) is 9.59 Å². The van der Waals surface area contributed by atoms with Gasteiger partial charge in [0.1, 0.15) is 0 Å². The Morgan fingerprint density at radius 1 is 1.00 bits per heavy atom. The highest BCUT2D eigenvalue weighted by molar-refractivity contribution is 5.77. The molecule has 2 heterocycles. The fourth-order valence-corrected chi connectivity index (χ4v) is 5.14. The van der Waals surface area contributed by atoms with E-state index in [4.69, 9.17) is 0 Å². The van der Waals surface area contributed by atoms with Crippen molar-refractivity contribution in [3.8, 4) is 0 Å². The standard InChI is InChI=1S/C22H40N4O2.C2H6.H2/c1-4-24-11-13-25(14-12-24)8-5-20(27)26-9-6-22(7-10-26)15-19(16-22)17-23-21(28)18(2)3;1-2;/h18-19H,4-17H2,1-3H3,(H,23,28);1-2H3;1H. The molecule has 2 amide bonds. The smallest absolute Gasteiger partial charge is 0.223 e. The summed E-state index contributed by atoms with van der Waals surface area (Å²) in [4.78, 5) is 31.4. The monoisotopic (exact) mass is 424 g/mol. The van der Waals surface area contributed by atoms with Crippen LogP contribution in [0.25, 0.3) is 0 Å². The van der Waals surface area contributed by atoms with E-state index >= 15 is 0 Å². The Bertz CT molecular complexity index is 534. The van der Waals surface area contributed by atoms with Crippen LogP contribution >= 0.6 is 0 Å². The third-order valence-corrected chi connectivity index (χ3v) is 7.26. The molecule has 30 heavy (non-hydrogen) atoms. The number of amides is 2. The Balaban J connectivity index is 0.00000156. The van der Waals surface area contributed by atoms with Crippen LogP contribution in [0.3, 0.4) is 0 Å². The van der Waals surface area contributed by atoms with E-state index in [1.54, 1.807) is 0 Å². The van der Waals surface area contributed by atoms with Crippen LogP contribution in [-0.2, 0) is 9.59 Å². The second-order valence-corrected chi connectivity index (χ2v) is 9.58. The number of carbonyl (C=O) groups is 2. The van der Waals surface area contributed by atoms with Crippen molar-refractivity contribution in [2.75, 3.05) is 58.9 Å². The number of nitrogens with one attached hydrogen (secondary N) is 1. The number of hydrogen-bond donors (Lipinski definition) is 1. The van der Waals surface area contributed by atoms with Gasteiger partial charge in [0.25, 0.3) is 0 Å². The SMILES string of the molecule is CC.CCN1CCN(CCC(=O)N2CCC3(CC2)CC(CNC(=O)C(C)C)C3)CC1.[HH]. The van der Waals surface area contributed by atoms with Crippen molar-refractivity contribution >= 4 is 11.8 Å². The summed E-state index contributed by atoms with van der Waals surface area (Å²) in [6.07, 6.45) is 5.39. The molecule has 0 atom stereocenters. The molecule has 6 nitrogen and oxygen atoms in total. The maximum absolute atomic E-state index is 12.6. The van der Waals surface area contributed by atoms with Crippen LogP contribution in [0.4, 0.5) is 0 Å². The molecule has 1 saturated carbocycles. The number of likely N-dealkylation sites (N-methyl/N-ethyl adjacent to an activating group) is 1. The lowest BCUT2D eigenvalue weighted by Crippen LogP contribution is -2.51. The quantitative estimate of drug-likeness (QED) is 0.682. The molecule has 6 heteroatoms. The first kappa shape index (κ1) is 25.1. The van der Waals surface area contributed by atoms with Crippen molar-refractivity contribution < 1.29 is 11.0 Å². The molecular weight excluding hydrogens is 376 g/mol. The zero-order valence-corrected chi connectivity index (χ0v) is 20.2. The number of rotatable bonds is 7. The van der Waals surface area contributed by atoms with Crippen molar-refractivity contribution in [2.45, 2.75) is 66.7 Å². The van der Waals surface area contributed by atoms with Crippen molar-refractivity contribution in [1.82, 2.24) is 20.0 Å². The highest BCUT2D eigenvalue weighted by atomic mass is 16.2. The molecule has 1 aliphatic carbocycles. The second kappa shape index (κ2) is 12.0. The zero-order valence-electron chi connectivity index (χ0n) is 20.2. The van der Waals surface area contributed by atoms with Gasteiger partial charge in [0.05, 0.1) is 0 Å². The van der Waals surface area contributed by atoms with E-state index in [2.05, 4.69) is 26.9 Å². The number of piperidine rings is 1. The Labute approximate surface area is 186 Å². The molecule has 1 spiro atoms. The summed E-state index contributed by atoms with van der Waals surface area (Å²) in [5.74, 6) is 1.20. The van der Waals surface area contributed by atoms with Gasteiger partial charge < -0.3 is 20.0 Å². The number of likely N-dealkylation sites (tertiary alicyclic amines) is 1. The van der Waals surface area contributed by atoms with E-state index < -0.39 is 0 Å². The minimum atomic E-state index is 0. The molecule has 3 fully saturated rings. The molecule has 1 N–H and O–H groups in total. The Morgan fingerprint density at radius 3 is 2.10 bits per heavy atom. The first-order valence-electron chi connectivity index (χ1n) is 12.4. The van der Waals surface area contributed by atoms with E-state index in [9.17, 15) is 9.59 Å². The van der Waals surface area contributed by atoms with Gasteiger partial charge in [-0.25, -0.2) is 0 Å². The third kappa shape index (κ3) is 6.94. The minimum Gasteiger partial charge on any atom is -0.356 e. The lowest BCUT2D eigenvalue weighted by Gasteiger charge is -2.52. The summed E-state index contributed by atoms with van der Waals surface area (Å²) < 4.78 is 0. The van der Waals surface area contributed by atoms with E-state index in [0.29, 0.717) is 23.7 Å². The van der Waals surface area contributed by atoms with E-state index in [1.807, 2.05) is 27.7 Å². The topological polar surface area (TPSA) is 55.9 Å². The zero-order chi connectivity index (χ0) is 22.1. The van der Waals surface area contributed by atoms with Crippen LogP contribution in [0.2, 0.25) is 0 Å². The van der Waals surface area contributed by atoms with Gasteiger partial charge in [-0.15, -0.1) is 0 Å². The van der Waals surface area contributed by atoms with Gasteiger partial charge in [-0.05, 0) is 43.6 Å². The first-order chi connectivity index (χ1) is 14.4. The van der Waals surface area contributed by atoms with E-state index in [-0.39, 0.29) is 13.3 Å². The number of piperazine rings is 1. The molecule has 0 bridgehead atoms. The maximum Gasteiger partial charge on any atom is 0.223 e. The van der Waals surface area contributed by atoms with Gasteiger partial charge >= 0.3 is 0 Å². The first-order valence-corrected chi connectivity index (χ1v) is 12.4. The predicted molar refractivity (Wildman–Crippen MR) is 125 cm³/mol. The van der Waals surface area contributed by atoms with Crippen molar-refractivity contribution in [3.05, 3.63) is 0 Å². The summed E-state index contributed by atoms with van der Waals surface area (Å²) in [5.41, 5.74) is 0.445. The summed E-state index contributed by atoms with van der Waals surface area (Å²) >= 11 is 0. The molecule has 2 aliphatic heterocycles. The van der Waals surface area contributed by atoms with Crippen LogP contribution in [-0.4, -0.2) is 85.4 Å². The molecule has 0 aromatic rings.